The zero-order valence-electron chi connectivity index (χ0n) is 15.8. The number of nitrogens with zero attached hydrogens (tertiary/aromatic N) is 4. The Morgan fingerprint density at radius 3 is 2.43 bits per heavy atom. The number of hydrogen-bond acceptors (Lipinski definition) is 6. The second kappa shape index (κ2) is 7.22. The molecule has 2 fully saturated rings. The minimum Gasteiger partial charge on any atom is -0.284 e. The first-order chi connectivity index (χ1) is 14.1. The summed E-state index contributed by atoms with van der Waals surface area (Å²) in [7, 11) is 2.97. The number of aromatic nitrogens is 1. The molecular formula is C19H16ClF3N4O3. The fourth-order valence-corrected chi connectivity index (χ4v) is 4.11. The van der Waals surface area contributed by atoms with Gasteiger partial charge in [0.25, 0.3) is 11.8 Å². The Bertz CT molecular complexity index is 1000. The van der Waals surface area contributed by atoms with E-state index in [1.807, 2.05) is 30.3 Å². The van der Waals surface area contributed by atoms with E-state index in [0.29, 0.717) is 12.3 Å². The van der Waals surface area contributed by atoms with Gasteiger partial charge in [-0.2, -0.15) is 23.2 Å². The second-order valence-electron chi connectivity index (χ2n) is 6.99. The third-order valence-electron chi connectivity index (χ3n) is 5.18. The molecule has 0 saturated carbocycles. The van der Waals surface area contributed by atoms with Gasteiger partial charge >= 0.3 is 6.18 Å². The van der Waals surface area contributed by atoms with E-state index < -0.39 is 41.6 Å². The van der Waals surface area contributed by atoms with Crippen LogP contribution in [0.25, 0.3) is 0 Å². The van der Waals surface area contributed by atoms with Crippen LogP contribution in [0.2, 0.25) is 5.02 Å². The molecule has 2 saturated heterocycles. The van der Waals surface area contributed by atoms with Crippen LogP contribution in [0.1, 0.15) is 17.2 Å². The molecule has 11 heteroatoms. The first-order valence-corrected chi connectivity index (χ1v) is 9.28. The SMILES string of the molecule is CN1O[C@@H]2C(=O)N(N(C)c3ncc(C(F)(F)F)cc3Cl)C(=O)[C@H]2[C@H]1c1ccccc1. The van der Waals surface area contributed by atoms with E-state index in [4.69, 9.17) is 16.4 Å². The Kier molecular flexibility index (Phi) is 4.95. The molecule has 0 spiro atoms. The summed E-state index contributed by atoms with van der Waals surface area (Å²) in [6.07, 6.45) is -5.07. The van der Waals surface area contributed by atoms with Crippen molar-refractivity contribution >= 4 is 29.2 Å². The molecule has 0 aliphatic carbocycles. The number of rotatable bonds is 3. The molecule has 0 unspecified atom stereocenters. The van der Waals surface area contributed by atoms with E-state index in [0.717, 1.165) is 15.6 Å². The van der Waals surface area contributed by atoms with Crippen LogP contribution in [-0.2, 0) is 20.6 Å². The van der Waals surface area contributed by atoms with E-state index >= 15 is 0 Å². The Labute approximate surface area is 174 Å². The van der Waals surface area contributed by atoms with E-state index in [1.54, 1.807) is 7.05 Å². The molecule has 0 bridgehead atoms. The third-order valence-corrected chi connectivity index (χ3v) is 5.46. The standard InChI is InChI=1S/C19H16ClF3N4O3/c1-25(16-12(20)8-11(9-24-16)19(21,22)23)27-17(28)13-14(10-6-4-3-5-7-10)26(2)30-15(13)18(27)29/h3-9,13-15H,1-2H3/t13-,14+,15-/m0/s1. The number of alkyl halides is 3. The van der Waals surface area contributed by atoms with Crippen molar-refractivity contribution in [2.75, 3.05) is 19.1 Å². The summed E-state index contributed by atoms with van der Waals surface area (Å²) in [6, 6.07) is 9.31. The van der Waals surface area contributed by atoms with Gasteiger partial charge in [0, 0.05) is 20.3 Å². The number of halogens is 4. The van der Waals surface area contributed by atoms with Crippen LogP contribution < -0.4 is 5.01 Å². The van der Waals surface area contributed by atoms with Crippen LogP contribution >= 0.6 is 11.6 Å². The summed E-state index contributed by atoms with van der Waals surface area (Å²) in [6.45, 7) is 0. The van der Waals surface area contributed by atoms with Crippen molar-refractivity contribution in [2.45, 2.75) is 18.3 Å². The number of hydrogen-bond donors (Lipinski definition) is 0. The van der Waals surface area contributed by atoms with E-state index in [-0.39, 0.29) is 10.8 Å². The van der Waals surface area contributed by atoms with Gasteiger partial charge in [0.05, 0.1) is 22.5 Å². The van der Waals surface area contributed by atoms with Crippen molar-refractivity contribution in [1.29, 1.82) is 0 Å². The van der Waals surface area contributed by atoms with Gasteiger partial charge in [0.1, 0.15) is 0 Å². The third kappa shape index (κ3) is 3.21. The van der Waals surface area contributed by atoms with Crippen LogP contribution in [0, 0.1) is 5.92 Å². The molecule has 158 valence electrons. The van der Waals surface area contributed by atoms with E-state index in [9.17, 15) is 22.8 Å². The lowest BCUT2D eigenvalue weighted by Crippen LogP contribution is -2.47. The molecule has 1 aromatic heterocycles. The summed E-state index contributed by atoms with van der Waals surface area (Å²) in [5, 5.41) is 3.00. The number of imide groups is 1. The maximum Gasteiger partial charge on any atom is 0.417 e. The van der Waals surface area contributed by atoms with Crippen LogP contribution in [0.3, 0.4) is 0 Å². The molecular weight excluding hydrogens is 425 g/mol. The lowest BCUT2D eigenvalue weighted by Gasteiger charge is -2.30. The molecule has 2 aliphatic heterocycles. The van der Waals surface area contributed by atoms with Crippen LogP contribution in [0.5, 0.6) is 0 Å². The van der Waals surface area contributed by atoms with Gasteiger partial charge in [0.2, 0.25) is 0 Å². The number of benzene rings is 1. The minimum atomic E-state index is -4.62. The lowest BCUT2D eigenvalue weighted by molar-refractivity contribution is -0.170. The fourth-order valence-electron chi connectivity index (χ4n) is 3.82. The quantitative estimate of drug-likeness (QED) is 0.683. The first-order valence-electron chi connectivity index (χ1n) is 8.90. The van der Waals surface area contributed by atoms with Crippen molar-refractivity contribution < 1.29 is 27.6 Å². The molecule has 0 radical (unpaired) electrons. The van der Waals surface area contributed by atoms with Crippen LogP contribution in [-0.4, -0.2) is 47.1 Å². The maximum atomic E-state index is 13.2. The first kappa shape index (κ1) is 20.6. The van der Waals surface area contributed by atoms with Gasteiger partial charge in [-0.25, -0.2) is 4.98 Å². The highest BCUT2D eigenvalue weighted by atomic mass is 35.5. The summed E-state index contributed by atoms with van der Waals surface area (Å²) >= 11 is 5.98. The predicted octanol–water partition coefficient (Wildman–Crippen LogP) is 3.08. The molecule has 3 atom stereocenters. The Hall–Kier alpha value is -2.69. The number of fused-ring (bicyclic) bond motifs is 1. The largest absolute Gasteiger partial charge is 0.417 e. The smallest absolute Gasteiger partial charge is 0.284 e. The Morgan fingerprint density at radius 1 is 1.17 bits per heavy atom. The number of carbonyl (C=O) groups excluding carboxylic acids is 2. The summed E-state index contributed by atoms with van der Waals surface area (Å²) in [5.74, 6) is -2.17. The monoisotopic (exact) mass is 440 g/mol. The van der Waals surface area contributed by atoms with Gasteiger partial charge in [-0.05, 0) is 11.6 Å². The highest BCUT2D eigenvalue weighted by Gasteiger charge is 2.60. The zero-order valence-corrected chi connectivity index (χ0v) is 16.6. The van der Waals surface area contributed by atoms with Crippen molar-refractivity contribution in [3.05, 3.63) is 58.7 Å². The Morgan fingerprint density at radius 2 is 1.83 bits per heavy atom. The Balaban J connectivity index is 1.66. The fraction of sp³-hybridized carbons (Fsp3) is 0.316. The van der Waals surface area contributed by atoms with Crippen molar-refractivity contribution in [2.24, 2.45) is 5.92 Å². The predicted molar refractivity (Wildman–Crippen MR) is 99.8 cm³/mol. The van der Waals surface area contributed by atoms with E-state index in [2.05, 4.69) is 4.98 Å². The van der Waals surface area contributed by atoms with Crippen molar-refractivity contribution in [3.63, 3.8) is 0 Å². The average molecular weight is 441 g/mol. The molecule has 1 aromatic carbocycles. The normalized spacial score (nSPS) is 24.5. The number of pyridine rings is 1. The molecule has 7 nitrogen and oxygen atoms in total. The lowest BCUT2D eigenvalue weighted by atomic mass is 9.91. The number of hydrazine groups is 1. The molecule has 2 aromatic rings. The van der Waals surface area contributed by atoms with Crippen LogP contribution in [0.4, 0.5) is 19.0 Å². The highest BCUT2D eigenvalue weighted by molar-refractivity contribution is 6.33. The van der Waals surface area contributed by atoms with Gasteiger partial charge < -0.3 is 0 Å². The molecule has 4 rings (SSSR count). The van der Waals surface area contributed by atoms with Crippen molar-refractivity contribution in [3.8, 4) is 0 Å². The van der Waals surface area contributed by atoms with Crippen LogP contribution in [0.15, 0.2) is 42.6 Å². The van der Waals surface area contributed by atoms with Crippen molar-refractivity contribution in [1.82, 2.24) is 15.1 Å². The van der Waals surface area contributed by atoms with Gasteiger partial charge in [-0.15, -0.1) is 0 Å². The summed E-state index contributed by atoms with van der Waals surface area (Å²) in [4.78, 5) is 35.5. The number of amides is 2. The molecule has 30 heavy (non-hydrogen) atoms. The summed E-state index contributed by atoms with van der Waals surface area (Å²) in [5.41, 5.74) is -0.237. The highest BCUT2D eigenvalue weighted by Crippen LogP contribution is 2.44. The number of hydroxylamine groups is 2. The second-order valence-corrected chi connectivity index (χ2v) is 7.40. The zero-order chi connectivity index (χ0) is 21.8. The van der Waals surface area contributed by atoms with E-state index in [1.165, 1.54) is 12.1 Å². The molecule has 0 N–H and O–H groups in total. The van der Waals surface area contributed by atoms with Gasteiger partial charge in [-0.3, -0.25) is 19.4 Å². The number of anilines is 1. The summed E-state index contributed by atoms with van der Waals surface area (Å²) < 4.78 is 38.6. The molecule has 3 heterocycles. The number of carbonyl (C=O) groups is 2. The van der Waals surface area contributed by atoms with Gasteiger partial charge in [0.15, 0.2) is 11.9 Å². The average Bonchev–Trinajstić information content (AvgIpc) is 3.15. The molecule has 2 amide bonds. The minimum absolute atomic E-state index is 0.157. The topological polar surface area (TPSA) is 66.0 Å². The maximum absolute atomic E-state index is 13.2. The molecule has 2 aliphatic rings. The van der Waals surface area contributed by atoms with Gasteiger partial charge in [-0.1, -0.05) is 41.9 Å².